The number of fused-ring (bicyclic) bond motifs is 2. The number of aromatic nitrogens is 4. The maximum absolute atomic E-state index is 15.1. The van der Waals surface area contributed by atoms with Gasteiger partial charge >= 0.3 is 0 Å². The van der Waals surface area contributed by atoms with Crippen molar-refractivity contribution in [2.45, 2.75) is 30.7 Å². The van der Waals surface area contributed by atoms with Crippen molar-refractivity contribution in [2.24, 2.45) is 0 Å². The van der Waals surface area contributed by atoms with E-state index in [2.05, 4.69) is 26.3 Å². The van der Waals surface area contributed by atoms with E-state index in [-0.39, 0.29) is 23.9 Å². The van der Waals surface area contributed by atoms with Gasteiger partial charge < -0.3 is 10.0 Å². The fourth-order valence-electron chi connectivity index (χ4n) is 4.44. The van der Waals surface area contributed by atoms with E-state index >= 15 is 4.39 Å². The summed E-state index contributed by atoms with van der Waals surface area (Å²) >= 11 is 0. The third kappa shape index (κ3) is 3.34. The van der Waals surface area contributed by atoms with Crippen LogP contribution in [0.5, 0.6) is 5.75 Å². The van der Waals surface area contributed by atoms with Crippen LogP contribution in [0.25, 0.3) is 16.9 Å². The van der Waals surface area contributed by atoms with Crippen LogP contribution < -0.4 is 4.90 Å². The maximum atomic E-state index is 15.1. The van der Waals surface area contributed by atoms with E-state index in [0.717, 1.165) is 6.20 Å². The number of alkyl halides is 1. The molecule has 0 spiro atoms. The Hall–Kier alpha value is -3.33. The van der Waals surface area contributed by atoms with Gasteiger partial charge in [-0.2, -0.15) is 5.10 Å². The van der Waals surface area contributed by atoms with Gasteiger partial charge in [0.05, 0.1) is 35.9 Å². The molecule has 1 saturated heterocycles. The molecule has 160 valence electrons. The molecule has 0 saturated carbocycles. The van der Waals surface area contributed by atoms with E-state index in [4.69, 9.17) is 0 Å². The Morgan fingerprint density at radius 1 is 1.16 bits per heavy atom. The Labute approximate surface area is 178 Å². The van der Waals surface area contributed by atoms with E-state index in [1.165, 1.54) is 16.9 Å². The van der Waals surface area contributed by atoms with Crippen LogP contribution in [0, 0.1) is 5.82 Å². The summed E-state index contributed by atoms with van der Waals surface area (Å²) in [5.41, 5.74) is 1.49. The van der Waals surface area contributed by atoms with Gasteiger partial charge in [0.1, 0.15) is 11.9 Å². The molecule has 1 fully saturated rings. The molecule has 4 atom stereocenters. The first-order valence-corrected chi connectivity index (χ1v) is 10.1. The number of rotatable bonds is 4. The molecule has 1 N–H and O–H groups in total. The Balaban J connectivity index is 1.35. The van der Waals surface area contributed by atoms with Crippen molar-refractivity contribution < 1.29 is 13.9 Å². The minimum Gasteiger partial charge on any atom is -0.507 e. The smallest absolute Gasteiger partial charge is 0.161 e. The summed E-state index contributed by atoms with van der Waals surface area (Å²) in [6, 6.07) is 8.12. The van der Waals surface area contributed by atoms with Crippen LogP contribution in [0.4, 0.5) is 14.6 Å². The van der Waals surface area contributed by atoms with Crippen LogP contribution in [0.2, 0.25) is 0 Å². The van der Waals surface area contributed by atoms with Crippen molar-refractivity contribution in [1.29, 1.82) is 0 Å². The van der Waals surface area contributed by atoms with Gasteiger partial charge in [-0.15, -0.1) is 10.2 Å². The Morgan fingerprint density at radius 2 is 2.00 bits per heavy atom. The van der Waals surface area contributed by atoms with Gasteiger partial charge in [0.25, 0.3) is 0 Å². The second kappa shape index (κ2) is 7.42. The summed E-state index contributed by atoms with van der Waals surface area (Å²) in [5.74, 6) is 0.0899. The largest absolute Gasteiger partial charge is 0.507 e. The van der Waals surface area contributed by atoms with Crippen LogP contribution in [-0.2, 0) is 0 Å². The van der Waals surface area contributed by atoms with Crippen molar-refractivity contribution in [3.63, 3.8) is 0 Å². The molecule has 9 heteroatoms. The van der Waals surface area contributed by atoms with Gasteiger partial charge in [-0.1, -0.05) is 12.2 Å². The molecule has 2 bridgehead atoms. The molecule has 4 heterocycles. The zero-order chi connectivity index (χ0) is 21.7. The summed E-state index contributed by atoms with van der Waals surface area (Å²) in [4.78, 5) is 3.91. The number of phenols is 1. The van der Waals surface area contributed by atoms with Crippen molar-refractivity contribution in [3.8, 4) is 22.7 Å². The minimum absolute atomic E-state index is 0.0226. The first-order valence-electron chi connectivity index (χ1n) is 10.1. The molecule has 0 aliphatic carbocycles. The fraction of sp³-hybridized carbons (Fsp3) is 0.318. The van der Waals surface area contributed by atoms with E-state index in [0.29, 0.717) is 29.2 Å². The lowest BCUT2D eigenvalue weighted by molar-refractivity contribution is 0.0825. The molecular weight excluding hydrogens is 402 g/mol. The predicted octanol–water partition coefficient (Wildman–Crippen LogP) is 2.96. The minimum atomic E-state index is -1.02. The van der Waals surface area contributed by atoms with Crippen molar-refractivity contribution in [3.05, 3.63) is 60.7 Å². The zero-order valence-electron chi connectivity index (χ0n) is 17.1. The Morgan fingerprint density at radius 3 is 2.68 bits per heavy atom. The predicted molar refractivity (Wildman–Crippen MR) is 112 cm³/mol. The van der Waals surface area contributed by atoms with Gasteiger partial charge in [0, 0.05) is 24.7 Å². The quantitative estimate of drug-likeness (QED) is 0.650. The highest BCUT2D eigenvalue weighted by atomic mass is 19.1. The van der Waals surface area contributed by atoms with Crippen LogP contribution in [0.15, 0.2) is 54.9 Å². The molecule has 0 amide bonds. The topological polar surface area (TPSA) is 70.3 Å². The highest BCUT2D eigenvalue weighted by Crippen LogP contribution is 2.35. The molecule has 2 aliphatic rings. The normalized spacial score (nSPS) is 25.2. The lowest BCUT2D eigenvalue weighted by Gasteiger charge is -2.43. The summed E-state index contributed by atoms with van der Waals surface area (Å²) < 4.78 is 29.6. The van der Waals surface area contributed by atoms with Gasteiger partial charge in [-0.25, -0.2) is 13.5 Å². The third-order valence-electron chi connectivity index (χ3n) is 6.28. The average molecular weight is 424 g/mol. The molecular formula is C22H22F2N6O. The molecule has 31 heavy (non-hydrogen) atoms. The SMILES string of the molecule is CN(c1ccc(-c2ccc(-n3cc(F)cn3)cc2O)nn1)[C@H]1C[C@@H]2C=C[C@H]([C@H]1F)N2C. The van der Waals surface area contributed by atoms with Gasteiger partial charge in [-0.05, 0) is 37.7 Å². The Bertz CT molecular complexity index is 1130. The monoisotopic (exact) mass is 424 g/mol. The molecule has 5 rings (SSSR count). The van der Waals surface area contributed by atoms with Crippen LogP contribution in [0.1, 0.15) is 6.42 Å². The average Bonchev–Trinajstić information content (AvgIpc) is 3.31. The van der Waals surface area contributed by atoms with Crippen molar-refractivity contribution in [2.75, 3.05) is 19.0 Å². The summed E-state index contributed by atoms with van der Waals surface area (Å²) in [5, 5.41) is 22.9. The molecule has 2 aliphatic heterocycles. The Kier molecular flexibility index (Phi) is 4.70. The number of likely N-dealkylation sites (N-methyl/N-ethyl adjacent to an activating group) is 1. The third-order valence-corrected chi connectivity index (χ3v) is 6.28. The first kappa shape index (κ1) is 19.6. The number of aromatic hydroxyl groups is 1. The molecule has 3 aromatic rings. The number of phenolic OH excluding ortho intramolecular Hbond substituents is 1. The lowest BCUT2D eigenvalue weighted by Crippen LogP contribution is -2.56. The number of piperidine rings is 1. The molecule has 0 radical (unpaired) electrons. The molecule has 7 nitrogen and oxygen atoms in total. The second-order valence-electron chi connectivity index (χ2n) is 8.05. The van der Waals surface area contributed by atoms with E-state index in [1.807, 2.05) is 25.1 Å². The van der Waals surface area contributed by atoms with Crippen LogP contribution in [-0.4, -0.2) is 68.4 Å². The summed E-state index contributed by atoms with van der Waals surface area (Å²) in [7, 11) is 3.79. The number of anilines is 1. The standard InChI is InChI=1S/C22H22F2N6O/c1-28-14-4-7-18(28)22(24)19(9-14)29(2)21-8-6-17(26-27-21)16-5-3-15(10-20(16)31)30-12-13(23)11-25-30/h3-8,10-12,14,18-19,22,31H,9H2,1-2H3/t14-,18+,19-,22+/m0/s1. The molecule has 0 unspecified atom stereocenters. The maximum Gasteiger partial charge on any atom is 0.161 e. The van der Waals surface area contributed by atoms with Gasteiger partial charge in [0.15, 0.2) is 11.6 Å². The van der Waals surface area contributed by atoms with Crippen molar-refractivity contribution in [1.82, 2.24) is 24.9 Å². The van der Waals surface area contributed by atoms with Crippen LogP contribution >= 0.6 is 0 Å². The second-order valence-corrected chi connectivity index (χ2v) is 8.05. The van der Waals surface area contributed by atoms with E-state index in [1.54, 1.807) is 24.3 Å². The van der Waals surface area contributed by atoms with E-state index in [9.17, 15) is 9.50 Å². The number of hydrogen-bond acceptors (Lipinski definition) is 6. The fourth-order valence-corrected chi connectivity index (χ4v) is 4.44. The highest BCUT2D eigenvalue weighted by molar-refractivity contribution is 5.69. The molecule has 2 aromatic heterocycles. The number of nitrogens with zero attached hydrogens (tertiary/aromatic N) is 6. The highest BCUT2D eigenvalue weighted by Gasteiger charge is 2.44. The van der Waals surface area contributed by atoms with Crippen molar-refractivity contribution >= 4 is 5.82 Å². The lowest BCUT2D eigenvalue weighted by atomic mass is 9.94. The van der Waals surface area contributed by atoms with E-state index < -0.39 is 12.0 Å². The molecule has 1 aromatic carbocycles. The summed E-state index contributed by atoms with van der Waals surface area (Å²) in [6.07, 6.45) is 6.00. The number of hydrogen-bond donors (Lipinski definition) is 1. The van der Waals surface area contributed by atoms with Gasteiger partial charge in [0.2, 0.25) is 0 Å². The zero-order valence-corrected chi connectivity index (χ0v) is 17.1. The van der Waals surface area contributed by atoms with Gasteiger partial charge in [-0.3, -0.25) is 4.90 Å². The van der Waals surface area contributed by atoms with Crippen LogP contribution in [0.3, 0.4) is 0 Å². The summed E-state index contributed by atoms with van der Waals surface area (Å²) in [6.45, 7) is 0. The first-order chi connectivity index (χ1) is 14.9. The number of halogens is 2. The number of benzene rings is 1.